The van der Waals surface area contributed by atoms with E-state index in [-0.39, 0.29) is 24.3 Å². The van der Waals surface area contributed by atoms with Crippen molar-refractivity contribution in [3.05, 3.63) is 71.8 Å². The van der Waals surface area contributed by atoms with Gasteiger partial charge in [0.1, 0.15) is 5.25 Å². The third-order valence-electron chi connectivity index (χ3n) is 5.98. The Morgan fingerprint density at radius 2 is 1.72 bits per heavy atom. The molecule has 162 valence electrons. The summed E-state index contributed by atoms with van der Waals surface area (Å²) in [6.45, 7) is 3.95. The average Bonchev–Trinajstić information content (AvgIpc) is 3.56. The monoisotopic (exact) mass is 443 g/mol. The Morgan fingerprint density at radius 3 is 2.47 bits per heavy atom. The third kappa shape index (κ3) is 4.02. The molecule has 2 aliphatic rings. The number of thioether (sulfide) groups is 1. The molecule has 6 heteroatoms. The summed E-state index contributed by atoms with van der Waals surface area (Å²) >= 11 is 1.41. The van der Waals surface area contributed by atoms with Crippen molar-refractivity contribution in [3.63, 3.8) is 0 Å². The summed E-state index contributed by atoms with van der Waals surface area (Å²) < 4.78 is 0. The average molecular weight is 444 g/mol. The van der Waals surface area contributed by atoms with E-state index in [1.807, 2.05) is 67.3 Å². The largest absolute Gasteiger partial charge is 0.326 e. The highest BCUT2D eigenvalue weighted by Gasteiger charge is 2.46. The number of aliphatic imine (C=N–C) groups is 1. The van der Waals surface area contributed by atoms with E-state index in [1.54, 1.807) is 0 Å². The van der Waals surface area contributed by atoms with Crippen LogP contribution < -0.4 is 5.32 Å². The predicted molar refractivity (Wildman–Crippen MR) is 131 cm³/mol. The molecule has 0 radical (unpaired) electrons. The first-order chi connectivity index (χ1) is 15.5. The number of hydrogen-bond acceptors (Lipinski definition) is 4. The summed E-state index contributed by atoms with van der Waals surface area (Å²) in [5, 5.41) is 5.44. The summed E-state index contributed by atoms with van der Waals surface area (Å²) in [5.74, 6) is -0.149. The molecule has 0 spiro atoms. The van der Waals surface area contributed by atoms with Crippen LogP contribution in [0.1, 0.15) is 30.4 Å². The molecule has 1 aliphatic carbocycles. The van der Waals surface area contributed by atoms with Gasteiger partial charge >= 0.3 is 0 Å². The molecule has 2 amide bonds. The van der Waals surface area contributed by atoms with Gasteiger partial charge in [-0.2, -0.15) is 0 Å². The fourth-order valence-corrected chi connectivity index (χ4v) is 5.35. The number of benzene rings is 3. The van der Waals surface area contributed by atoms with Crippen molar-refractivity contribution in [2.75, 3.05) is 5.32 Å². The minimum Gasteiger partial charge on any atom is -0.326 e. The minimum atomic E-state index is -0.450. The Labute approximate surface area is 191 Å². The molecule has 1 atom stereocenters. The standard InChI is InChI=1S/C26H25N3O2S/c1-16-7-5-8-17(2)24(16)28-23(30)15-22-25(31)29(19-13-14-19)26(32-22)27-21-12-6-10-18-9-3-4-11-20(18)21/h3-12,19,22H,13-15H2,1-2H3,(H,28,30). The number of nitrogens with one attached hydrogen (secondary N) is 1. The lowest BCUT2D eigenvalue weighted by Gasteiger charge is -2.16. The van der Waals surface area contributed by atoms with Gasteiger partial charge in [0.25, 0.3) is 0 Å². The molecule has 5 rings (SSSR count). The van der Waals surface area contributed by atoms with Gasteiger partial charge in [0, 0.05) is 23.5 Å². The van der Waals surface area contributed by atoms with Gasteiger partial charge in [-0.25, -0.2) is 4.99 Å². The molecule has 1 saturated carbocycles. The smallest absolute Gasteiger partial charge is 0.242 e. The van der Waals surface area contributed by atoms with E-state index < -0.39 is 5.25 Å². The molecule has 32 heavy (non-hydrogen) atoms. The first-order valence-electron chi connectivity index (χ1n) is 10.9. The Bertz CT molecular complexity index is 1220. The normalized spacial score (nSPS) is 19.7. The number of aryl methyl sites for hydroxylation is 2. The SMILES string of the molecule is Cc1cccc(C)c1NC(=O)CC1SC(=Nc2cccc3ccccc23)N(C2CC2)C1=O. The van der Waals surface area contributed by atoms with Crippen molar-refractivity contribution >= 4 is 50.9 Å². The highest BCUT2D eigenvalue weighted by Crippen LogP contribution is 2.40. The van der Waals surface area contributed by atoms with Gasteiger partial charge in [0.15, 0.2) is 5.17 Å². The second-order valence-corrected chi connectivity index (χ2v) is 9.63. The molecule has 3 aromatic carbocycles. The molecule has 0 aromatic heterocycles. The molecule has 3 aromatic rings. The predicted octanol–water partition coefficient (Wildman–Crippen LogP) is 5.58. The number of hydrogen-bond donors (Lipinski definition) is 1. The van der Waals surface area contributed by atoms with E-state index in [0.717, 1.165) is 46.1 Å². The highest BCUT2D eigenvalue weighted by atomic mass is 32.2. The van der Waals surface area contributed by atoms with Crippen LogP contribution in [0.4, 0.5) is 11.4 Å². The third-order valence-corrected chi connectivity index (χ3v) is 7.13. The van der Waals surface area contributed by atoms with Crippen molar-refractivity contribution in [1.29, 1.82) is 0 Å². The quantitative estimate of drug-likeness (QED) is 0.560. The van der Waals surface area contributed by atoms with E-state index >= 15 is 0 Å². The summed E-state index contributed by atoms with van der Waals surface area (Å²) in [6.07, 6.45) is 2.11. The zero-order chi connectivity index (χ0) is 22.2. The lowest BCUT2D eigenvalue weighted by atomic mass is 10.1. The fourth-order valence-electron chi connectivity index (χ4n) is 4.14. The first kappa shape index (κ1) is 20.8. The van der Waals surface area contributed by atoms with Crippen molar-refractivity contribution < 1.29 is 9.59 Å². The molecule has 1 saturated heterocycles. The summed E-state index contributed by atoms with van der Waals surface area (Å²) in [5.41, 5.74) is 3.71. The molecule has 1 aliphatic heterocycles. The maximum Gasteiger partial charge on any atom is 0.242 e. The van der Waals surface area contributed by atoms with Crippen LogP contribution in [-0.4, -0.2) is 33.2 Å². The second kappa shape index (κ2) is 8.43. The zero-order valence-corrected chi connectivity index (χ0v) is 19.0. The Morgan fingerprint density at radius 1 is 1.03 bits per heavy atom. The van der Waals surface area contributed by atoms with E-state index in [4.69, 9.17) is 4.99 Å². The molecule has 2 fully saturated rings. The number of carbonyl (C=O) groups excluding carboxylic acids is 2. The van der Waals surface area contributed by atoms with Gasteiger partial charge < -0.3 is 5.32 Å². The molecule has 5 nitrogen and oxygen atoms in total. The fraction of sp³-hybridized carbons (Fsp3) is 0.269. The van der Waals surface area contributed by atoms with E-state index in [9.17, 15) is 9.59 Å². The van der Waals surface area contributed by atoms with Crippen molar-refractivity contribution in [2.24, 2.45) is 4.99 Å². The molecule has 1 unspecified atom stereocenters. The molecular weight excluding hydrogens is 418 g/mol. The second-order valence-electron chi connectivity index (χ2n) is 8.46. The van der Waals surface area contributed by atoms with Gasteiger partial charge in [0.2, 0.25) is 11.8 Å². The van der Waals surface area contributed by atoms with Crippen LogP contribution in [0.3, 0.4) is 0 Å². The van der Waals surface area contributed by atoms with Crippen molar-refractivity contribution in [1.82, 2.24) is 4.90 Å². The van der Waals surface area contributed by atoms with E-state index in [2.05, 4.69) is 17.4 Å². The number of anilines is 1. The Kier molecular flexibility index (Phi) is 5.47. The lowest BCUT2D eigenvalue weighted by Crippen LogP contribution is -2.35. The Hall–Kier alpha value is -3.12. The minimum absolute atomic E-state index is 0.00635. The summed E-state index contributed by atoms with van der Waals surface area (Å²) in [4.78, 5) is 32.8. The summed E-state index contributed by atoms with van der Waals surface area (Å²) in [6, 6.07) is 20.3. The topological polar surface area (TPSA) is 61.8 Å². The van der Waals surface area contributed by atoms with Crippen LogP contribution in [-0.2, 0) is 9.59 Å². The van der Waals surface area contributed by atoms with Crippen molar-refractivity contribution in [3.8, 4) is 0 Å². The molecule has 1 heterocycles. The van der Waals surface area contributed by atoms with Crippen molar-refractivity contribution in [2.45, 2.75) is 44.4 Å². The number of carbonyl (C=O) groups is 2. The van der Waals surface area contributed by atoms with Crippen LogP contribution in [0, 0.1) is 13.8 Å². The molecule has 0 bridgehead atoms. The number of amidine groups is 1. The van der Waals surface area contributed by atoms with Crippen LogP contribution >= 0.6 is 11.8 Å². The zero-order valence-electron chi connectivity index (χ0n) is 18.2. The van der Waals surface area contributed by atoms with Gasteiger partial charge in [-0.3, -0.25) is 14.5 Å². The Balaban J connectivity index is 1.39. The van der Waals surface area contributed by atoms with E-state index in [1.165, 1.54) is 11.8 Å². The number of nitrogens with zero attached hydrogens (tertiary/aromatic N) is 2. The van der Waals surface area contributed by atoms with Gasteiger partial charge in [-0.1, -0.05) is 66.4 Å². The number of rotatable bonds is 5. The van der Waals surface area contributed by atoms with Crippen LogP contribution in [0.5, 0.6) is 0 Å². The van der Waals surface area contributed by atoms with Gasteiger partial charge in [-0.15, -0.1) is 0 Å². The van der Waals surface area contributed by atoms with E-state index in [0.29, 0.717) is 5.17 Å². The molecular formula is C26H25N3O2S. The number of fused-ring (bicyclic) bond motifs is 1. The maximum atomic E-state index is 13.2. The van der Waals surface area contributed by atoms with Crippen LogP contribution in [0.25, 0.3) is 10.8 Å². The van der Waals surface area contributed by atoms with Gasteiger partial charge in [-0.05, 0) is 49.3 Å². The van der Waals surface area contributed by atoms with Gasteiger partial charge in [0.05, 0.1) is 5.69 Å². The maximum absolute atomic E-state index is 13.2. The number of para-hydroxylation sites is 1. The summed E-state index contributed by atoms with van der Waals surface area (Å²) in [7, 11) is 0. The highest BCUT2D eigenvalue weighted by molar-refractivity contribution is 8.15. The lowest BCUT2D eigenvalue weighted by molar-refractivity contribution is -0.128. The molecule has 1 N–H and O–H groups in total. The van der Waals surface area contributed by atoms with Crippen LogP contribution in [0.2, 0.25) is 0 Å². The number of amides is 2. The first-order valence-corrected chi connectivity index (χ1v) is 11.8. The van der Waals surface area contributed by atoms with Crippen LogP contribution in [0.15, 0.2) is 65.7 Å².